The second-order valence-electron chi connectivity index (χ2n) is 5.39. The molecule has 1 rings (SSSR count). The Morgan fingerprint density at radius 1 is 1.21 bits per heavy atom. The fourth-order valence-corrected chi connectivity index (χ4v) is 2.11. The van der Waals surface area contributed by atoms with Crippen LogP contribution in [0.25, 0.3) is 0 Å². The quantitative estimate of drug-likeness (QED) is 0.789. The molecule has 1 aromatic rings. The first-order valence-corrected chi connectivity index (χ1v) is 5.86. The predicted octanol–water partition coefficient (Wildman–Crippen LogP) is 3.85. The molecule has 1 aromatic heterocycles. The Morgan fingerprint density at radius 3 is 2.14 bits per heavy atom. The maximum Gasteiger partial charge on any atom is 0.0937 e. The van der Waals surface area contributed by atoms with Gasteiger partial charge in [0.1, 0.15) is 0 Å². The van der Waals surface area contributed by atoms with Crippen LogP contribution in [0.4, 0.5) is 0 Å². The summed E-state index contributed by atoms with van der Waals surface area (Å²) < 4.78 is 0. The molecule has 1 unspecified atom stereocenters. The second-order valence-corrected chi connectivity index (χ2v) is 6.37. The fraction of sp³-hybridized carbons (Fsp3) is 0.667. The topological polar surface area (TPSA) is 20.2 Å². The zero-order chi connectivity index (χ0) is 11.0. The minimum absolute atomic E-state index is 0.0937. The molecule has 0 spiro atoms. The molecule has 0 saturated carbocycles. The standard InChI is InChI=1S/C12H20OS/c1-11(2,3)12(4,5)10(13)9-7-6-8-14-9/h6-8,10,13H,1-5H3. The van der Waals surface area contributed by atoms with Crippen LogP contribution in [0.2, 0.25) is 0 Å². The van der Waals surface area contributed by atoms with Crippen molar-refractivity contribution in [3.8, 4) is 0 Å². The lowest BCUT2D eigenvalue weighted by molar-refractivity contribution is -0.0270. The minimum Gasteiger partial charge on any atom is -0.387 e. The van der Waals surface area contributed by atoms with E-state index in [-0.39, 0.29) is 16.9 Å². The molecule has 0 aliphatic heterocycles. The van der Waals surface area contributed by atoms with Gasteiger partial charge in [-0.1, -0.05) is 40.7 Å². The second kappa shape index (κ2) is 3.67. The third-order valence-corrected chi connectivity index (χ3v) is 4.35. The molecule has 14 heavy (non-hydrogen) atoms. The van der Waals surface area contributed by atoms with Crippen molar-refractivity contribution in [2.45, 2.75) is 40.7 Å². The molecule has 0 fully saturated rings. The van der Waals surface area contributed by atoms with Crippen LogP contribution < -0.4 is 0 Å². The summed E-state index contributed by atoms with van der Waals surface area (Å²) in [5, 5.41) is 12.3. The highest BCUT2D eigenvalue weighted by atomic mass is 32.1. The Morgan fingerprint density at radius 2 is 1.79 bits per heavy atom. The molecule has 0 aliphatic rings. The number of aliphatic hydroxyl groups is 1. The number of hydrogen-bond donors (Lipinski definition) is 1. The van der Waals surface area contributed by atoms with Crippen LogP contribution in [0.15, 0.2) is 17.5 Å². The van der Waals surface area contributed by atoms with Crippen molar-refractivity contribution < 1.29 is 5.11 Å². The first-order chi connectivity index (χ1) is 6.27. The number of hydrogen-bond acceptors (Lipinski definition) is 2. The summed E-state index contributed by atoms with van der Waals surface area (Å²) in [6.45, 7) is 10.8. The van der Waals surface area contributed by atoms with E-state index in [0.29, 0.717) is 0 Å². The molecule has 0 bridgehead atoms. The van der Waals surface area contributed by atoms with Crippen LogP contribution in [0, 0.1) is 10.8 Å². The maximum absolute atomic E-state index is 10.3. The first-order valence-electron chi connectivity index (χ1n) is 4.98. The fourth-order valence-electron chi connectivity index (χ4n) is 1.21. The van der Waals surface area contributed by atoms with Gasteiger partial charge in [0.2, 0.25) is 0 Å². The predicted molar refractivity (Wildman–Crippen MR) is 62.5 cm³/mol. The lowest BCUT2D eigenvalue weighted by Crippen LogP contribution is -2.35. The normalized spacial score (nSPS) is 15.6. The third-order valence-electron chi connectivity index (χ3n) is 3.43. The highest BCUT2D eigenvalue weighted by Crippen LogP contribution is 2.48. The van der Waals surface area contributed by atoms with E-state index in [2.05, 4.69) is 34.6 Å². The van der Waals surface area contributed by atoms with E-state index in [1.54, 1.807) is 11.3 Å². The molecule has 1 nitrogen and oxygen atoms in total. The SMILES string of the molecule is CC(C)(C)C(C)(C)C(O)c1cccs1. The molecule has 1 heterocycles. The summed E-state index contributed by atoms with van der Waals surface area (Å²) in [4.78, 5) is 1.06. The van der Waals surface area contributed by atoms with E-state index < -0.39 is 0 Å². The Bertz CT molecular complexity index is 280. The highest BCUT2D eigenvalue weighted by molar-refractivity contribution is 7.10. The smallest absolute Gasteiger partial charge is 0.0937 e. The molecule has 0 saturated heterocycles. The van der Waals surface area contributed by atoms with E-state index in [1.807, 2.05) is 17.5 Å². The Kier molecular flexibility index (Phi) is 3.07. The Labute approximate surface area is 90.8 Å². The molecular weight excluding hydrogens is 192 g/mol. The number of rotatable bonds is 2. The van der Waals surface area contributed by atoms with Gasteiger partial charge >= 0.3 is 0 Å². The summed E-state index contributed by atoms with van der Waals surface area (Å²) in [6.07, 6.45) is -0.373. The van der Waals surface area contributed by atoms with Crippen LogP contribution >= 0.6 is 11.3 Å². The summed E-state index contributed by atoms with van der Waals surface area (Å²) in [7, 11) is 0. The average Bonchev–Trinajstić information content (AvgIpc) is 2.52. The largest absolute Gasteiger partial charge is 0.387 e. The highest BCUT2D eigenvalue weighted by Gasteiger charge is 2.40. The molecule has 0 aromatic carbocycles. The van der Waals surface area contributed by atoms with E-state index in [4.69, 9.17) is 0 Å². The molecule has 1 N–H and O–H groups in total. The van der Waals surface area contributed by atoms with Gasteiger partial charge in [-0.2, -0.15) is 0 Å². The van der Waals surface area contributed by atoms with Gasteiger partial charge in [0.05, 0.1) is 6.10 Å². The van der Waals surface area contributed by atoms with Gasteiger partial charge in [0, 0.05) is 10.3 Å². The molecule has 2 heteroatoms. The van der Waals surface area contributed by atoms with Crippen LogP contribution in [0.3, 0.4) is 0 Å². The molecular formula is C12H20OS. The molecule has 80 valence electrons. The van der Waals surface area contributed by atoms with Gasteiger partial charge in [-0.3, -0.25) is 0 Å². The lowest BCUT2D eigenvalue weighted by atomic mass is 9.65. The van der Waals surface area contributed by atoms with E-state index in [1.165, 1.54) is 0 Å². The van der Waals surface area contributed by atoms with Crippen molar-refractivity contribution in [2.75, 3.05) is 0 Å². The van der Waals surface area contributed by atoms with Crippen molar-refractivity contribution >= 4 is 11.3 Å². The third kappa shape index (κ3) is 2.01. The molecule has 0 amide bonds. The summed E-state index contributed by atoms with van der Waals surface area (Å²) in [6, 6.07) is 3.99. The molecule has 1 atom stereocenters. The number of aliphatic hydroxyl groups excluding tert-OH is 1. The summed E-state index contributed by atoms with van der Waals surface area (Å²) in [5.41, 5.74) is -0.0196. The summed E-state index contributed by atoms with van der Waals surface area (Å²) >= 11 is 1.62. The van der Waals surface area contributed by atoms with Crippen molar-refractivity contribution in [2.24, 2.45) is 10.8 Å². The van der Waals surface area contributed by atoms with E-state index in [9.17, 15) is 5.11 Å². The van der Waals surface area contributed by atoms with Gasteiger partial charge in [-0.05, 0) is 16.9 Å². The number of thiophene rings is 1. The van der Waals surface area contributed by atoms with E-state index in [0.717, 1.165) is 4.88 Å². The van der Waals surface area contributed by atoms with Gasteiger partial charge in [-0.15, -0.1) is 11.3 Å². The van der Waals surface area contributed by atoms with Gasteiger partial charge < -0.3 is 5.11 Å². The first kappa shape index (κ1) is 11.7. The van der Waals surface area contributed by atoms with Crippen molar-refractivity contribution in [1.82, 2.24) is 0 Å². The molecule has 0 aliphatic carbocycles. The lowest BCUT2D eigenvalue weighted by Gasteiger charge is -2.42. The van der Waals surface area contributed by atoms with Crippen LogP contribution in [-0.2, 0) is 0 Å². The van der Waals surface area contributed by atoms with Crippen molar-refractivity contribution in [1.29, 1.82) is 0 Å². The Balaban J connectivity index is 2.94. The van der Waals surface area contributed by atoms with Crippen LogP contribution in [0.5, 0.6) is 0 Å². The zero-order valence-corrected chi connectivity index (χ0v) is 10.5. The van der Waals surface area contributed by atoms with Gasteiger partial charge in [0.25, 0.3) is 0 Å². The van der Waals surface area contributed by atoms with Crippen LogP contribution in [-0.4, -0.2) is 5.11 Å². The zero-order valence-electron chi connectivity index (χ0n) is 9.66. The van der Waals surface area contributed by atoms with E-state index >= 15 is 0 Å². The van der Waals surface area contributed by atoms with Gasteiger partial charge in [-0.25, -0.2) is 0 Å². The Hall–Kier alpha value is -0.340. The van der Waals surface area contributed by atoms with Crippen LogP contribution in [0.1, 0.15) is 45.6 Å². The van der Waals surface area contributed by atoms with Crippen molar-refractivity contribution in [3.05, 3.63) is 22.4 Å². The average molecular weight is 212 g/mol. The molecule has 0 radical (unpaired) electrons. The van der Waals surface area contributed by atoms with Gasteiger partial charge in [0.15, 0.2) is 0 Å². The van der Waals surface area contributed by atoms with Crippen molar-refractivity contribution in [3.63, 3.8) is 0 Å². The maximum atomic E-state index is 10.3. The summed E-state index contributed by atoms with van der Waals surface area (Å²) in [5.74, 6) is 0. The monoisotopic (exact) mass is 212 g/mol. The minimum atomic E-state index is -0.373.